The van der Waals surface area contributed by atoms with E-state index in [0.29, 0.717) is 17.5 Å². The van der Waals surface area contributed by atoms with E-state index in [9.17, 15) is 0 Å². The fourth-order valence-electron chi connectivity index (χ4n) is 11.3. The zero-order valence-electron chi connectivity index (χ0n) is 40.5. The van der Waals surface area contributed by atoms with Crippen molar-refractivity contribution in [1.29, 1.82) is 0 Å². The Balaban J connectivity index is 0.977. The highest BCUT2D eigenvalue weighted by Gasteiger charge is 2.25. The van der Waals surface area contributed by atoms with Crippen LogP contribution in [0.3, 0.4) is 0 Å². The van der Waals surface area contributed by atoms with Crippen LogP contribution in [0.5, 0.6) is 0 Å². The Morgan fingerprint density at radius 2 is 0.653 bits per heavy atom. The fourth-order valence-corrected chi connectivity index (χ4v) is 11.3. The molecule has 0 aliphatic rings. The monoisotopic (exact) mass is 957 g/mol. The summed E-state index contributed by atoms with van der Waals surface area (Å²) in [5, 5.41) is 6.60. The number of furan rings is 1. The Kier molecular flexibility index (Phi) is 9.78. The van der Waals surface area contributed by atoms with Crippen LogP contribution in [0.25, 0.3) is 144 Å². The molecule has 6 nitrogen and oxygen atoms in total. The van der Waals surface area contributed by atoms with E-state index in [1.807, 2.05) is 12.1 Å². The van der Waals surface area contributed by atoms with Crippen molar-refractivity contribution >= 4 is 65.6 Å². The van der Waals surface area contributed by atoms with Crippen molar-refractivity contribution in [3.05, 3.63) is 261 Å². The van der Waals surface area contributed by atoms with E-state index >= 15 is 0 Å². The van der Waals surface area contributed by atoms with E-state index in [0.717, 1.165) is 122 Å². The lowest BCUT2D eigenvalue weighted by Crippen LogP contribution is -2.03. The number of hydrogen-bond donors (Lipinski definition) is 0. The van der Waals surface area contributed by atoms with Crippen molar-refractivity contribution in [2.24, 2.45) is 0 Å². The van der Waals surface area contributed by atoms with E-state index in [-0.39, 0.29) is 0 Å². The first-order chi connectivity index (χ1) is 37.2. The minimum atomic E-state index is 0.564. The summed E-state index contributed by atoms with van der Waals surface area (Å²) in [5.74, 6) is 1.74. The van der Waals surface area contributed by atoms with Gasteiger partial charge in [-0.25, -0.2) is 15.0 Å². The summed E-state index contributed by atoms with van der Waals surface area (Å²) in [5.41, 5.74) is 17.3. The molecular formula is C69H43N5O. The number of hydrogen-bond acceptors (Lipinski definition) is 4. The molecule has 0 radical (unpaired) electrons. The lowest BCUT2D eigenvalue weighted by Gasteiger charge is -2.15. The molecule has 0 aliphatic heterocycles. The number of para-hydroxylation sites is 4. The standard InChI is InChI=1S/C69H43N5O/c1-4-19-44(20-5-1)46-35-37-48(38-36-46)67-70-68(50-26-18-25-49(43-50)45-21-6-2-7-22-45)72-69(71-67)58-30-13-17-34-62(58)74-61-33-16-12-29-53(61)55-40-42-57-56-41-39-54-52-28-11-15-32-60(52)73(63(54)65(56)75-66(57)64(55)74)59-31-14-10-27-51(59)47-23-8-3-9-24-47/h1-43H. The minimum absolute atomic E-state index is 0.564. The molecule has 0 atom stereocenters. The summed E-state index contributed by atoms with van der Waals surface area (Å²) < 4.78 is 12.3. The van der Waals surface area contributed by atoms with Crippen LogP contribution in [0.15, 0.2) is 265 Å². The van der Waals surface area contributed by atoms with Gasteiger partial charge in [0.25, 0.3) is 0 Å². The summed E-state index contributed by atoms with van der Waals surface area (Å²) in [7, 11) is 0. The molecule has 0 N–H and O–H groups in total. The van der Waals surface area contributed by atoms with Gasteiger partial charge >= 0.3 is 0 Å². The minimum Gasteiger partial charge on any atom is -0.452 e. The van der Waals surface area contributed by atoms with Gasteiger partial charge in [0.1, 0.15) is 0 Å². The van der Waals surface area contributed by atoms with Gasteiger partial charge < -0.3 is 13.6 Å². The summed E-state index contributed by atoms with van der Waals surface area (Å²) in [6.45, 7) is 0. The molecule has 0 fully saturated rings. The molecule has 15 rings (SSSR count). The maximum Gasteiger partial charge on any atom is 0.166 e. The third kappa shape index (κ3) is 6.92. The molecular weight excluding hydrogens is 915 g/mol. The topological polar surface area (TPSA) is 61.7 Å². The summed E-state index contributed by atoms with van der Waals surface area (Å²) in [6.07, 6.45) is 0. The molecule has 15 aromatic rings. The predicted octanol–water partition coefficient (Wildman–Crippen LogP) is 18.0. The summed E-state index contributed by atoms with van der Waals surface area (Å²) >= 11 is 0. The predicted molar refractivity (Wildman–Crippen MR) is 308 cm³/mol. The molecule has 75 heavy (non-hydrogen) atoms. The zero-order chi connectivity index (χ0) is 49.4. The van der Waals surface area contributed by atoms with Gasteiger partial charge in [0, 0.05) is 54.6 Å². The molecule has 0 unspecified atom stereocenters. The second-order valence-corrected chi connectivity index (χ2v) is 19.1. The molecule has 0 saturated heterocycles. The Morgan fingerprint density at radius 1 is 0.253 bits per heavy atom. The SMILES string of the molecule is c1ccc(-c2ccc(-c3nc(-c4cccc(-c5ccccc5)c4)nc(-c4ccccc4-n4c5ccccc5c5ccc6c7ccc8c9ccccc9n(-c9ccccc9-c9ccccc9)c8c7oc6c54)n3)cc2)cc1. The normalized spacial score (nSPS) is 11.7. The van der Waals surface area contributed by atoms with Crippen molar-refractivity contribution in [3.8, 4) is 78.9 Å². The van der Waals surface area contributed by atoms with Crippen LogP contribution in [-0.2, 0) is 0 Å². The van der Waals surface area contributed by atoms with Crippen LogP contribution in [0.4, 0.5) is 0 Å². The molecule has 0 saturated carbocycles. The maximum absolute atomic E-state index is 7.51. The van der Waals surface area contributed by atoms with Crippen LogP contribution >= 0.6 is 0 Å². The molecule has 350 valence electrons. The van der Waals surface area contributed by atoms with Gasteiger partial charge in [-0.3, -0.25) is 0 Å². The van der Waals surface area contributed by atoms with Crippen LogP contribution in [0, 0.1) is 0 Å². The average molecular weight is 958 g/mol. The lowest BCUT2D eigenvalue weighted by atomic mass is 10.0. The van der Waals surface area contributed by atoms with Crippen molar-refractivity contribution in [2.45, 2.75) is 0 Å². The van der Waals surface area contributed by atoms with Gasteiger partial charge in [-0.05, 0) is 76.3 Å². The van der Waals surface area contributed by atoms with Crippen LogP contribution in [0.2, 0.25) is 0 Å². The van der Waals surface area contributed by atoms with Gasteiger partial charge in [0.05, 0.1) is 33.4 Å². The van der Waals surface area contributed by atoms with Gasteiger partial charge in [-0.1, -0.05) is 212 Å². The van der Waals surface area contributed by atoms with Crippen molar-refractivity contribution in [3.63, 3.8) is 0 Å². The highest BCUT2D eigenvalue weighted by atomic mass is 16.3. The van der Waals surface area contributed by atoms with Crippen molar-refractivity contribution in [1.82, 2.24) is 24.1 Å². The Hall–Kier alpha value is -10.2. The molecule has 4 aromatic heterocycles. The molecule has 4 heterocycles. The largest absolute Gasteiger partial charge is 0.452 e. The van der Waals surface area contributed by atoms with Gasteiger partial charge in [0.15, 0.2) is 28.6 Å². The third-order valence-corrected chi connectivity index (χ3v) is 14.8. The summed E-state index contributed by atoms with van der Waals surface area (Å²) in [6, 6.07) is 92.0. The zero-order valence-corrected chi connectivity index (χ0v) is 40.5. The first-order valence-corrected chi connectivity index (χ1v) is 25.3. The van der Waals surface area contributed by atoms with Crippen LogP contribution in [0.1, 0.15) is 0 Å². The fraction of sp³-hybridized carbons (Fsp3) is 0. The maximum atomic E-state index is 7.51. The van der Waals surface area contributed by atoms with E-state index in [4.69, 9.17) is 19.4 Å². The molecule has 6 heteroatoms. The Morgan fingerprint density at radius 3 is 1.25 bits per heavy atom. The quantitative estimate of drug-likeness (QED) is 0.152. The van der Waals surface area contributed by atoms with Gasteiger partial charge in [-0.2, -0.15) is 0 Å². The van der Waals surface area contributed by atoms with E-state index in [2.05, 4.69) is 258 Å². The third-order valence-electron chi connectivity index (χ3n) is 14.8. The van der Waals surface area contributed by atoms with E-state index < -0.39 is 0 Å². The average Bonchev–Trinajstić information content (AvgIpc) is 4.27. The molecule has 11 aromatic carbocycles. The van der Waals surface area contributed by atoms with Gasteiger partial charge in [-0.15, -0.1) is 0 Å². The molecule has 0 bridgehead atoms. The Bertz CT molecular complexity index is 4690. The number of fused-ring (bicyclic) bond motifs is 11. The first-order valence-electron chi connectivity index (χ1n) is 25.3. The molecule has 0 spiro atoms. The van der Waals surface area contributed by atoms with E-state index in [1.165, 1.54) is 5.39 Å². The van der Waals surface area contributed by atoms with Crippen molar-refractivity contribution < 1.29 is 4.42 Å². The number of benzene rings is 11. The smallest absolute Gasteiger partial charge is 0.166 e. The molecule has 0 amide bonds. The number of nitrogens with zero attached hydrogens (tertiary/aromatic N) is 5. The molecule has 0 aliphatic carbocycles. The first kappa shape index (κ1) is 42.5. The lowest BCUT2D eigenvalue weighted by molar-refractivity contribution is 0.673. The highest BCUT2D eigenvalue weighted by molar-refractivity contribution is 6.26. The summed E-state index contributed by atoms with van der Waals surface area (Å²) in [4.78, 5) is 16.0. The number of aromatic nitrogens is 5. The second-order valence-electron chi connectivity index (χ2n) is 19.1. The highest BCUT2D eigenvalue weighted by Crippen LogP contribution is 2.46. The van der Waals surface area contributed by atoms with E-state index in [1.54, 1.807) is 0 Å². The van der Waals surface area contributed by atoms with Crippen LogP contribution < -0.4 is 0 Å². The van der Waals surface area contributed by atoms with Crippen LogP contribution in [-0.4, -0.2) is 24.1 Å². The second kappa shape index (κ2) is 17.3. The Labute approximate surface area is 431 Å². The van der Waals surface area contributed by atoms with Crippen molar-refractivity contribution in [2.75, 3.05) is 0 Å². The number of rotatable bonds is 8. The van der Waals surface area contributed by atoms with Gasteiger partial charge in [0.2, 0.25) is 0 Å².